The van der Waals surface area contributed by atoms with E-state index in [4.69, 9.17) is 18.6 Å². The summed E-state index contributed by atoms with van der Waals surface area (Å²) in [7, 11) is 1.35. The van der Waals surface area contributed by atoms with E-state index in [-0.39, 0.29) is 24.8 Å². The van der Waals surface area contributed by atoms with E-state index in [2.05, 4.69) is 5.32 Å². The van der Waals surface area contributed by atoms with Gasteiger partial charge in [0.1, 0.15) is 29.4 Å². The van der Waals surface area contributed by atoms with Crippen LogP contribution in [-0.2, 0) is 33.8 Å². The monoisotopic (exact) mass is 595 g/mol. The van der Waals surface area contributed by atoms with Gasteiger partial charge in [0, 0.05) is 23.1 Å². The van der Waals surface area contributed by atoms with E-state index < -0.39 is 11.7 Å². The highest BCUT2D eigenvalue weighted by Crippen LogP contribution is 2.33. The molecule has 0 aliphatic carbocycles. The first-order chi connectivity index (χ1) is 21.1. The van der Waals surface area contributed by atoms with Gasteiger partial charge < -0.3 is 23.9 Å². The van der Waals surface area contributed by atoms with Gasteiger partial charge in [-0.25, -0.2) is 9.18 Å². The third kappa shape index (κ3) is 7.64. The standard InChI is InChI=1S/C36H34FNO6/c1-36(2,3)44-35(40)38-21-23-6-5-7-27(16-23)31-18-24(17-29-14-15-42-34(29)31)22-43-32-19-26(25-10-12-30(37)13-11-25)8-9-28(32)20-33(39)41-4/h5-19H,20-22H2,1-4H3,(H,38,40). The maximum atomic E-state index is 13.5. The number of esters is 1. The van der Waals surface area contributed by atoms with Crippen LogP contribution in [0.2, 0.25) is 0 Å². The summed E-state index contributed by atoms with van der Waals surface area (Å²) in [5, 5.41) is 3.71. The maximum Gasteiger partial charge on any atom is 0.407 e. The Morgan fingerprint density at radius 1 is 0.864 bits per heavy atom. The van der Waals surface area contributed by atoms with Crippen molar-refractivity contribution in [3.05, 3.63) is 114 Å². The Bertz CT molecular complexity index is 1790. The molecule has 5 aromatic rings. The summed E-state index contributed by atoms with van der Waals surface area (Å²) in [5.41, 5.74) is 6.07. The third-order valence-electron chi connectivity index (χ3n) is 6.89. The van der Waals surface area contributed by atoms with Crippen LogP contribution in [0.3, 0.4) is 0 Å². The van der Waals surface area contributed by atoms with Gasteiger partial charge in [-0.15, -0.1) is 0 Å². The first kappa shape index (κ1) is 30.4. The minimum atomic E-state index is -0.582. The number of carbonyl (C=O) groups excluding carboxylic acids is 2. The fourth-order valence-electron chi connectivity index (χ4n) is 4.82. The number of hydrogen-bond acceptors (Lipinski definition) is 6. The molecule has 0 spiro atoms. The second-order valence-electron chi connectivity index (χ2n) is 11.4. The highest BCUT2D eigenvalue weighted by Gasteiger charge is 2.17. The maximum absolute atomic E-state index is 13.5. The number of ether oxygens (including phenoxy) is 3. The molecule has 44 heavy (non-hydrogen) atoms. The molecule has 0 fully saturated rings. The molecule has 0 saturated heterocycles. The second-order valence-corrected chi connectivity index (χ2v) is 11.4. The second kappa shape index (κ2) is 13.0. The van der Waals surface area contributed by atoms with Crippen LogP contribution in [0.4, 0.5) is 9.18 Å². The number of nitrogens with one attached hydrogen (secondary N) is 1. The van der Waals surface area contributed by atoms with Gasteiger partial charge >= 0.3 is 12.1 Å². The van der Waals surface area contributed by atoms with Crippen LogP contribution in [0, 0.1) is 5.82 Å². The van der Waals surface area contributed by atoms with Crippen LogP contribution in [0.1, 0.15) is 37.5 Å². The average molecular weight is 596 g/mol. The van der Waals surface area contributed by atoms with Crippen molar-refractivity contribution in [1.29, 1.82) is 0 Å². The van der Waals surface area contributed by atoms with Crippen LogP contribution < -0.4 is 10.1 Å². The molecule has 1 N–H and O–H groups in total. The molecule has 0 atom stereocenters. The Hall–Kier alpha value is -5.11. The van der Waals surface area contributed by atoms with Crippen molar-refractivity contribution in [2.75, 3.05) is 7.11 Å². The zero-order valence-corrected chi connectivity index (χ0v) is 25.1. The SMILES string of the molecule is COC(=O)Cc1ccc(-c2ccc(F)cc2)cc1OCc1cc(-c2cccc(CNC(=O)OC(C)(C)C)c2)c2occc2c1. The summed E-state index contributed by atoms with van der Waals surface area (Å²) in [5.74, 6) is -0.170. The minimum absolute atomic E-state index is 0.0473. The molecule has 7 nitrogen and oxygen atoms in total. The lowest BCUT2D eigenvalue weighted by molar-refractivity contribution is -0.139. The molecule has 226 valence electrons. The third-order valence-corrected chi connectivity index (χ3v) is 6.89. The number of carbonyl (C=O) groups is 2. The molecule has 1 heterocycles. The molecule has 0 bridgehead atoms. The van der Waals surface area contributed by atoms with Gasteiger partial charge in [-0.3, -0.25) is 4.79 Å². The molecule has 0 radical (unpaired) electrons. The van der Waals surface area contributed by atoms with E-state index in [1.807, 2.05) is 81.4 Å². The summed E-state index contributed by atoms with van der Waals surface area (Å²) in [6.07, 6.45) is 1.21. The Morgan fingerprint density at radius 2 is 1.64 bits per heavy atom. The van der Waals surface area contributed by atoms with Gasteiger partial charge in [0.25, 0.3) is 0 Å². The van der Waals surface area contributed by atoms with Crippen LogP contribution in [0.25, 0.3) is 33.2 Å². The van der Waals surface area contributed by atoms with E-state index in [9.17, 15) is 14.0 Å². The fraction of sp³-hybridized carbons (Fsp3) is 0.222. The van der Waals surface area contributed by atoms with Crippen molar-refractivity contribution in [1.82, 2.24) is 5.32 Å². The Kier molecular flexibility index (Phi) is 8.99. The van der Waals surface area contributed by atoms with Gasteiger partial charge in [-0.05, 0) is 91.1 Å². The van der Waals surface area contributed by atoms with Gasteiger partial charge in [0.05, 0.1) is 19.8 Å². The quantitative estimate of drug-likeness (QED) is 0.173. The van der Waals surface area contributed by atoms with E-state index in [0.29, 0.717) is 17.9 Å². The molecule has 1 aromatic heterocycles. The van der Waals surface area contributed by atoms with Crippen LogP contribution >= 0.6 is 0 Å². The van der Waals surface area contributed by atoms with Gasteiger partial charge in [-0.2, -0.15) is 0 Å². The molecule has 8 heteroatoms. The van der Waals surface area contributed by atoms with Gasteiger partial charge in [-0.1, -0.05) is 42.5 Å². The lowest BCUT2D eigenvalue weighted by Gasteiger charge is -2.19. The van der Waals surface area contributed by atoms with Crippen molar-refractivity contribution in [2.24, 2.45) is 0 Å². The minimum Gasteiger partial charge on any atom is -0.489 e. The van der Waals surface area contributed by atoms with Crippen molar-refractivity contribution in [3.63, 3.8) is 0 Å². The number of amides is 1. The molecule has 5 rings (SSSR count). The summed E-state index contributed by atoms with van der Waals surface area (Å²) in [6, 6.07) is 25.5. The Balaban J connectivity index is 1.41. The molecule has 0 aliphatic heterocycles. The van der Waals surface area contributed by atoms with Crippen LogP contribution in [0.15, 0.2) is 95.6 Å². The lowest BCUT2D eigenvalue weighted by Crippen LogP contribution is -2.32. The molecule has 0 unspecified atom stereocenters. The number of alkyl carbamates (subject to hydrolysis) is 1. The first-order valence-electron chi connectivity index (χ1n) is 14.2. The molecular weight excluding hydrogens is 561 g/mol. The Labute approximate surface area is 255 Å². The smallest absolute Gasteiger partial charge is 0.407 e. The van der Waals surface area contributed by atoms with Crippen molar-refractivity contribution >= 4 is 23.0 Å². The van der Waals surface area contributed by atoms with Crippen molar-refractivity contribution in [3.8, 4) is 28.0 Å². The topological polar surface area (TPSA) is 87.0 Å². The average Bonchev–Trinajstić information content (AvgIpc) is 3.47. The largest absolute Gasteiger partial charge is 0.489 e. The van der Waals surface area contributed by atoms with Gasteiger partial charge in [0.2, 0.25) is 0 Å². The fourth-order valence-corrected chi connectivity index (χ4v) is 4.82. The number of methoxy groups -OCH3 is 1. The summed E-state index contributed by atoms with van der Waals surface area (Å²) in [6.45, 7) is 5.98. The lowest BCUT2D eigenvalue weighted by atomic mass is 9.99. The van der Waals surface area contributed by atoms with Crippen LogP contribution in [0.5, 0.6) is 5.75 Å². The first-order valence-corrected chi connectivity index (χ1v) is 14.2. The predicted octanol–water partition coefficient (Wildman–Crippen LogP) is 8.23. The molecular formula is C36H34FNO6. The molecule has 0 saturated carbocycles. The van der Waals surface area contributed by atoms with E-state index in [0.717, 1.165) is 44.3 Å². The van der Waals surface area contributed by atoms with Crippen molar-refractivity contribution < 1.29 is 32.6 Å². The van der Waals surface area contributed by atoms with Crippen molar-refractivity contribution in [2.45, 2.75) is 45.9 Å². The zero-order valence-electron chi connectivity index (χ0n) is 25.1. The van der Waals surface area contributed by atoms with Gasteiger partial charge in [0.15, 0.2) is 0 Å². The summed E-state index contributed by atoms with van der Waals surface area (Å²) in [4.78, 5) is 24.3. The highest BCUT2D eigenvalue weighted by atomic mass is 19.1. The number of furan rings is 1. The van der Waals surface area contributed by atoms with Crippen LogP contribution in [-0.4, -0.2) is 24.8 Å². The van der Waals surface area contributed by atoms with E-state index >= 15 is 0 Å². The van der Waals surface area contributed by atoms with E-state index in [1.165, 1.54) is 19.2 Å². The highest BCUT2D eigenvalue weighted by molar-refractivity contribution is 5.93. The molecule has 0 aliphatic rings. The van der Waals surface area contributed by atoms with E-state index in [1.54, 1.807) is 18.4 Å². The number of fused-ring (bicyclic) bond motifs is 1. The number of halogens is 1. The summed E-state index contributed by atoms with van der Waals surface area (Å²) >= 11 is 0. The molecule has 1 amide bonds. The number of benzene rings is 4. The predicted molar refractivity (Wildman–Crippen MR) is 167 cm³/mol. The zero-order chi connectivity index (χ0) is 31.3. The number of hydrogen-bond donors (Lipinski definition) is 1. The normalized spacial score (nSPS) is 11.3. The Morgan fingerprint density at radius 3 is 2.39 bits per heavy atom. The molecule has 4 aromatic carbocycles. The summed E-state index contributed by atoms with van der Waals surface area (Å²) < 4.78 is 35.9. The number of rotatable bonds is 9.